The van der Waals surface area contributed by atoms with Gasteiger partial charge in [0.15, 0.2) is 0 Å². The number of hydrogen-bond acceptors (Lipinski definition) is 3. The van der Waals surface area contributed by atoms with Gasteiger partial charge in [0.1, 0.15) is 0 Å². The SMILES string of the molecule is C[C@H]1C[C@@H](CC2CCCCN2[O-])[C@H]2CCC[N@+](C)([O-])[C@H]2C1. The Kier molecular flexibility index (Phi) is 4.60. The van der Waals surface area contributed by atoms with Gasteiger partial charge in [0.05, 0.1) is 19.6 Å². The van der Waals surface area contributed by atoms with Gasteiger partial charge in [-0.05, 0) is 62.9 Å². The van der Waals surface area contributed by atoms with E-state index in [4.69, 9.17) is 0 Å². The zero-order valence-electron chi connectivity index (χ0n) is 13.7. The Balaban J connectivity index is 1.71. The monoisotopic (exact) mass is 295 g/mol. The molecular formula is C17H31N2O2-. The first kappa shape index (κ1) is 15.7. The highest BCUT2D eigenvalue weighted by Gasteiger charge is 2.45. The van der Waals surface area contributed by atoms with Crippen molar-refractivity contribution >= 4 is 0 Å². The molecule has 2 aliphatic heterocycles. The Morgan fingerprint density at radius 2 is 1.95 bits per heavy atom. The maximum Gasteiger partial charge on any atom is 0.0919 e. The van der Waals surface area contributed by atoms with E-state index in [2.05, 4.69) is 6.92 Å². The summed E-state index contributed by atoms with van der Waals surface area (Å²) in [7, 11) is 1.88. The van der Waals surface area contributed by atoms with Gasteiger partial charge in [-0.2, -0.15) is 0 Å². The fraction of sp³-hybridized carbons (Fsp3) is 1.00. The summed E-state index contributed by atoms with van der Waals surface area (Å²) in [6.45, 7) is 3.81. The second-order valence-corrected chi connectivity index (χ2v) is 8.13. The van der Waals surface area contributed by atoms with E-state index in [-0.39, 0.29) is 16.7 Å². The van der Waals surface area contributed by atoms with Gasteiger partial charge in [-0.3, -0.25) is 0 Å². The van der Waals surface area contributed by atoms with Crippen LogP contribution in [0.1, 0.15) is 58.3 Å². The first-order valence-corrected chi connectivity index (χ1v) is 8.97. The molecule has 21 heavy (non-hydrogen) atoms. The minimum atomic E-state index is -0.0305. The zero-order valence-corrected chi connectivity index (χ0v) is 13.7. The van der Waals surface area contributed by atoms with Crippen LogP contribution in [0.15, 0.2) is 0 Å². The van der Waals surface area contributed by atoms with Gasteiger partial charge in [0.2, 0.25) is 0 Å². The van der Waals surface area contributed by atoms with E-state index in [1.165, 1.54) is 24.3 Å². The van der Waals surface area contributed by atoms with Crippen LogP contribution in [-0.4, -0.2) is 41.9 Å². The van der Waals surface area contributed by atoms with Crippen molar-refractivity contribution in [3.8, 4) is 0 Å². The standard InChI is InChI=1S/C17H31N2O2/c1-13-10-14(12-15-6-3-4-8-18(15)20)16-7-5-9-19(2,21)17(16)11-13/h13-17H,3-12H2,1-2H3/q-1/t13-,14-,15?,16+,17-,19-/m0/s1. The largest absolute Gasteiger partial charge is 0.785 e. The Morgan fingerprint density at radius 1 is 1.14 bits per heavy atom. The molecule has 6 atom stereocenters. The molecule has 0 aromatic rings. The molecule has 4 nitrogen and oxygen atoms in total. The highest BCUT2D eigenvalue weighted by atomic mass is 16.5. The third-order valence-corrected chi connectivity index (χ3v) is 6.44. The molecule has 3 fully saturated rings. The van der Waals surface area contributed by atoms with Crippen molar-refractivity contribution in [2.75, 3.05) is 20.1 Å². The summed E-state index contributed by atoms with van der Waals surface area (Å²) in [5.41, 5.74) is 0. The van der Waals surface area contributed by atoms with Crippen LogP contribution in [0.4, 0.5) is 0 Å². The van der Waals surface area contributed by atoms with Crippen LogP contribution in [0.2, 0.25) is 0 Å². The summed E-state index contributed by atoms with van der Waals surface area (Å²) in [6.07, 6.45) is 8.96. The van der Waals surface area contributed by atoms with E-state index < -0.39 is 0 Å². The van der Waals surface area contributed by atoms with Gasteiger partial charge in [-0.15, -0.1) is 0 Å². The predicted molar refractivity (Wildman–Crippen MR) is 85.1 cm³/mol. The minimum absolute atomic E-state index is 0.0305. The van der Waals surface area contributed by atoms with E-state index in [1.54, 1.807) is 0 Å². The lowest BCUT2D eigenvalue weighted by atomic mass is 9.65. The number of nitrogens with zero attached hydrogens (tertiary/aromatic N) is 2. The molecule has 2 saturated heterocycles. The molecule has 0 amide bonds. The quantitative estimate of drug-likeness (QED) is 0.578. The van der Waals surface area contributed by atoms with Crippen LogP contribution in [0, 0.1) is 28.2 Å². The number of quaternary nitrogens is 1. The first-order chi connectivity index (χ1) is 9.97. The molecule has 3 rings (SSSR count). The van der Waals surface area contributed by atoms with E-state index >= 15 is 0 Å². The van der Waals surface area contributed by atoms with Gasteiger partial charge in [-0.25, -0.2) is 0 Å². The highest BCUT2D eigenvalue weighted by molar-refractivity contribution is 4.91. The average molecular weight is 295 g/mol. The Hall–Kier alpha value is -0.160. The summed E-state index contributed by atoms with van der Waals surface area (Å²) in [5, 5.41) is 26.2. The number of rotatable bonds is 2. The summed E-state index contributed by atoms with van der Waals surface area (Å²) in [5.74, 6) is 1.81. The van der Waals surface area contributed by atoms with E-state index in [0.717, 1.165) is 45.2 Å². The zero-order chi connectivity index (χ0) is 15.0. The number of likely N-dealkylation sites (tertiary alicyclic amines) is 1. The Bertz CT molecular complexity index is 361. The minimum Gasteiger partial charge on any atom is -0.785 e. The van der Waals surface area contributed by atoms with Crippen molar-refractivity contribution in [1.29, 1.82) is 0 Å². The average Bonchev–Trinajstić information content (AvgIpc) is 2.42. The molecule has 4 heteroatoms. The smallest absolute Gasteiger partial charge is 0.0919 e. The van der Waals surface area contributed by atoms with Crippen molar-refractivity contribution in [2.24, 2.45) is 17.8 Å². The number of fused-ring (bicyclic) bond motifs is 1. The summed E-state index contributed by atoms with van der Waals surface area (Å²) in [6, 6.07) is 0.512. The number of piperidine rings is 2. The van der Waals surface area contributed by atoms with E-state index in [9.17, 15) is 10.4 Å². The van der Waals surface area contributed by atoms with Crippen LogP contribution in [0.5, 0.6) is 0 Å². The number of hydroxylamine groups is 5. The second-order valence-electron chi connectivity index (χ2n) is 8.13. The van der Waals surface area contributed by atoms with Crippen molar-refractivity contribution < 1.29 is 4.65 Å². The lowest BCUT2D eigenvalue weighted by Gasteiger charge is -2.57. The summed E-state index contributed by atoms with van der Waals surface area (Å²) < 4.78 is -0.0305. The summed E-state index contributed by atoms with van der Waals surface area (Å²) in [4.78, 5) is 0. The van der Waals surface area contributed by atoms with E-state index in [1.807, 2.05) is 7.05 Å². The molecule has 0 radical (unpaired) electrons. The fourth-order valence-corrected chi connectivity index (χ4v) is 5.38. The lowest BCUT2D eigenvalue weighted by Crippen LogP contribution is -2.59. The van der Waals surface area contributed by atoms with Gasteiger partial charge < -0.3 is 20.1 Å². The first-order valence-electron chi connectivity index (χ1n) is 8.97. The normalized spacial score (nSPS) is 48.9. The molecule has 0 bridgehead atoms. The molecule has 122 valence electrons. The Morgan fingerprint density at radius 3 is 2.71 bits per heavy atom. The third kappa shape index (κ3) is 3.29. The van der Waals surface area contributed by atoms with Crippen LogP contribution in [-0.2, 0) is 0 Å². The third-order valence-electron chi connectivity index (χ3n) is 6.44. The second kappa shape index (κ2) is 6.15. The van der Waals surface area contributed by atoms with Crippen LogP contribution in [0.25, 0.3) is 0 Å². The molecular weight excluding hydrogens is 264 g/mol. The molecule has 1 aliphatic carbocycles. The molecule has 1 unspecified atom stereocenters. The van der Waals surface area contributed by atoms with E-state index in [0.29, 0.717) is 17.8 Å². The summed E-state index contributed by atoms with van der Waals surface area (Å²) >= 11 is 0. The van der Waals surface area contributed by atoms with Crippen LogP contribution < -0.4 is 0 Å². The molecule has 0 aromatic heterocycles. The molecule has 1 saturated carbocycles. The maximum absolute atomic E-state index is 12.8. The van der Waals surface area contributed by atoms with Crippen molar-refractivity contribution in [3.63, 3.8) is 0 Å². The van der Waals surface area contributed by atoms with Crippen molar-refractivity contribution in [2.45, 2.75) is 70.4 Å². The van der Waals surface area contributed by atoms with Crippen molar-refractivity contribution in [1.82, 2.24) is 5.06 Å². The van der Waals surface area contributed by atoms with Crippen molar-refractivity contribution in [3.05, 3.63) is 10.4 Å². The number of hydrogen-bond donors (Lipinski definition) is 0. The van der Waals surface area contributed by atoms with Gasteiger partial charge >= 0.3 is 0 Å². The van der Waals surface area contributed by atoms with Crippen LogP contribution >= 0.6 is 0 Å². The van der Waals surface area contributed by atoms with Gasteiger partial charge in [0.25, 0.3) is 0 Å². The van der Waals surface area contributed by atoms with Crippen LogP contribution in [0.3, 0.4) is 0 Å². The molecule has 0 spiro atoms. The fourth-order valence-electron chi connectivity index (χ4n) is 5.38. The molecule has 3 aliphatic rings. The molecule has 0 aromatic carbocycles. The van der Waals surface area contributed by atoms with Gasteiger partial charge in [-0.1, -0.05) is 13.3 Å². The van der Waals surface area contributed by atoms with Gasteiger partial charge in [0, 0.05) is 12.3 Å². The maximum atomic E-state index is 12.8. The topological polar surface area (TPSA) is 49.4 Å². The predicted octanol–water partition coefficient (Wildman–Crippen LogP) is 3.50. The lowest BCUT2D eigenvalue weighted by molar-refractivity contribution is -0.898. The Labute approximate surface area is 129 Å². The highest BCUT2D eigenvalue weighted by Crippen LogP contribution is 2.46. The molecule has 2 heterocycles. The molecule has 0 N–H and O–H groups in total.